The van der Waals surface area contributed by atoms with Crippen LogP contribution in [0.1, 0.15) is 44.9 Å². The number of aryl methyl sites for hydroxylation is 1. The Bertz CT molecular complexity index is 424. The molecule has 2 heterocycles. The molecule has 6 heteroatoms. The number of hydrogen-bond donors (Lipinski definition) is 0. The fourth-order valence-corrected chi connectivity index (χ4v) is 2.92. The molecule has 0 amide bonds. The predicted octanol–water partition coefficient (Wildman–Crippen LogP) is 1.87. The van der Waals surface area contributed by atoms with Crippen LogP contribution < -0.4 is 0 Å². The first-order valence-electron chi connectivity index (χ1n) is 8.01. The molecule has 1 aromatic rings. The van der Waals surface area contributed by atoms with Crippen LogP contribution in [0.15, 0.2) is 4.52 Å². The molecule has 0 saturated carbocycles. The lowest BCUT2D eigenvalue weighted by atomic mass is 10.1. The Balaban J connectivity index is 1.90. The second kappa shape index (κ2) is 7.87. The molecule has 0 aromatic carbocycles. The fraction of sp³-hybridized carbons (Fsp3) is 0.867. The summed E-state index contributed by atoms with van der Waals surface area (Å²) in [5.74, 6) is 1.43. The number of piperazine rings is 1. The van der Waals surface area contributed by atoms with Gasteiger partial charge in [0, 0.05) is 38.8 Å². The van der Waals surface area contributed by atoms with Crippen molar-refractivity contribution in [2.24, 2.45) is 0 Å². The van der Waals surface area contributed by atoms with Crippen molar-refractivity contribution < 1.29 is 9.26 Å². The Hall–Kier alpha value is -0.980. The molecule has 0 radical (unpaired) electrons. The highest BCUT2D eigenvalue weighted by atomic mass is 16.5. The minimum atomic E-state index is 0.189. The third-order valence-corrected chi connectivity index (χ3v) is 4.28. The zero-order valence-corrected chi connectivity index (χ0v) is 13.7. The molecule has 0 N–H and O–H groups in total. The first-order valence-corrected chi connectivity index (χ1v) is 8.01. The smallest absolute Gasteiger partial charge is 0.243 e. The number of aromatic nitrogens is 2. The van der Waals surface area contributed by atoms with E-state index >= 15 is 0 Å². The maximum atomic E-state index is 5.49. The molecule has 1 fully saturated rings. The molecule has 21 heavy (non-hydrogen) atoms. The zero-order chi connectivity index (χ0) is 15.2. The van der Waals surface area contributed by atoms with Gasteiger partial charge in [0.25, 0.3) is 0 Å². The molecule has 1 aromatic heterocycles. The molecule has 6 nitrogen and oxygen atoms in total. The van der Waals surface area contributed by atoms with Crippen LogP contribution in [0.3, 0.4) is 0 Å². The molecule has 1 saturated heterocycles. The molecule has 2 atom stereocenters. The third-order valence-electron chi connectivity index (χ3n) is 4.28. The lowest BCUT2D eigenvalue weighted by molar-refractivity contribution is 0.0214. The van der Waals surface area contributed by atoms with Crippen molar-refractivity contribution in [2.75, 3.05) is 39.4 Å². The van der Waals surface area contributed by atoms with E-state index in [1.54, 1.807) is 0 Å². The van der Waals surface area contributed by atoms with E-state index in [9.17, 15) is 0 Å². The molecule has 2 rings (SSSR count). The second-order valence-electron chi connectivity index (χ2n) is 5.65. The van der Waals surface area contributed by atoms with E-state index in [4.69, 9.17) is 9.26 Å². The Morgan fingerprint density at radius 2 is 2.19 bits per heavy atom. The van der Waals surface area contributed by atoms with Crippen molar-refractivity contribution >= 4 is 0 Å². The minimum Gasteiger partial charge on any atom is -0.380 e. The molecule has 0 bridgehead atoms. The summed E-state index contributed by atoms with van der Waals surface area (Å²) in [5, 5.41) is 3.90. The van der Waals surface area contributed by atoms with Crippen LogP contribution in [-0.2, 0) is 4.74 Å². The lowest BCUT2D eigenvalue weighted by Gasteiger charge is -2.42. The number of rotatable bonds is 7. The molecule has 0 spiro atoms. The summed E-state index contributed by atoms with van der Waals surface area (Å²) >= 11 is 0. The molecule has 1 aliphatic heterocycles. The van der Waals surface area contributed by atoms with E-state index in [-0.39, 0.29) is 6.04 Å². The van der Waals surface area contributed by atoms with Crippen LogP contribution in [-0.4, -0.2) is 65.4 Å². The summed E-state index contributed by atoms with van der Waals surface area (Å²) in [6, 6.07) is 0.764. The molecular weight excluding hydrogens is 268 g/mol. The van der Waals surface area contributed by atoms with E-state index in [1.807, 2.05) is 13.8 Å². The number of ether oxygens (including phenoxy) is 1. The van der Waals surface area contributed by atoms with Crippen LogP contribution in [0, 0.1) is 6.92 Å². The van der Waals surface area contributed by atoms with Crippen molar-refractivity contribution in [3.05, 3.63) is 11.7 Å². The second-order valence-corrected chi connectivity index (χ2v) is 5.65. The van der Waals surface area contributed by atoms with Crippen molar-refractivity contribution in [3.8, 4) is 0 Å². The lowest BCUT2D eigenvalue weighted by Crippen LogP contribution is -2.54. The van der Waals surface area contributed by atoms with E-state index in [1.165, 1.54) is 0 Å². The maximum absolute atomic E-state index is 5.49. The third kappa shape index (κ3) is 4.25. The van der Waals surface area contributed by atoms with Crippen LogP contribution in [0.4, 0.5) is 0 Å². The van der Waals surface area contributed by atoms with Gasteiger partial charge in [-0.05, 0) is 27.2 Å². The quantitative estimate of drug-likeness (QED) is 0.716. The van der Waals surface area contributed by atoms with Gasteiger partial charge in [0.1, 0.15) is 0 Å². The topological polar surface area (TPSA) is 54.6 Å². The molecule has 120 valence electrons. The first-order chi connectivity index (χ1) is 10.2. The molecule has 2 unspecified atom stereocenters. The Morgan fingerprint density at radius 3 is 2.81 bits per heavy atom. The Kier molecular flexibility index (Phi) is 6.14. The Labute approximate surface area is 127 Å². The van der Waals surface area contributed by atoms with Crippen molar-refractivity contribution in [1.82, 2.24) is 19.9 Å². The van der Waals surface area contributed by atoms with Crippen molar-refractivity contribution in [2.45, 2.75) is 46.2 Å². The number of nitrogens with zero attached hydrogens (tertiary/aromatic N) is 4. The van der Waals surface area contributed by atoms with Crippen LogP contribution in [0.2, 0.25) is 0 Å². The SMILES string of the molecule is CCOCCN1CCN(C(C)c2nc(C)no2)CC1CC. The minimum absolute atomic E-state index is 0.189. The van der Waals surface area contributed by atoms with E-state index in [2.05, 4.69) is 33.8 Å². The maximum Gasteiger partial charge on any atom is 0.243 e. The summed E-state index contributed by atoms with van der Waals surface area (Å²) in [5.41, 5.74) is 0. The summed E-state index contributed by atoms with van der Waals surface area (Å²) in [4.78, 5) is 9.35. The van der Waals surface area contributed by atoms with Gasteiger partial charge in [-0.15, -0.1) is 0 Å². The highest BCUT2D eigenvalue weighted by molar-refractivity contribution is 4.93. The predicted molar refractivity (Wildman–Crippen MR) is 81.2 cm³/mol. The zero-order valence-electron chi connectivity index (χ0n) is 13.7. The number of hydrogen-bond acceptors (Lipinski definition) is 6. The van der Waals surface area contributed by atoms with Gasteiger partial charge in [-0.1, -0.05) is 12.1 Å². The van der Waals surface area contributed by atoms with Gasteiger partial charge in [0.2, 0.25) is 5.89 Å². The molecule has 0 aliphatic carbocycles. The van der Waals surface area contributed by atoms with Gasteiger partial charge >= 0.3 is 0 Å². The summed E-state index contributed by atoms with van der Waals surface area (Å²) in [6.45, 7) is 14.1. The van der Waals surface area contributed by atoms with Crippen molar-refractivity contribution in [3.63, 3.8) is 0 Å². The van der Waals surface area contributed by atoms with E-state index < -0.39 is 0 Å². The van der Waals surface area contributed by atoms with Gasteiger partial charge in [-0.25, -0.2) is 0 Å². The average molecular weight is 296 g/mol. The standard InChI is InChI=1S/C15H28N4O2/c1-5-14-11-19(8-7-18(14)9-10-20-6-2)12(3)15-16-13(4)17-21-15/h12,14H,5-11H2,1-4H3. The van der Waals surface area contributed by atoms with Gasteiger partial charge in [0.05, 0.1) is 12.6 Å². The Morgan fingerprint density at radius 1 is 1.38 bits per heavy atom. The first kappa shape index (κ1) is 16.4. The summed E-state index contributed by atoms with van der Waals surface area (Å²) in [6.07, 6.45) is 1.15. The van der Waals surface area contributed by atoms with E-state index in [0.717, 1.165) is 51.7 Å². The van der Waals surface area contributed by atoms with Crippen molar-refractivity contribution in [1.29, 1.82) is 0 Å². The molecular formula is C15H28N4O2. The monoisotopic (exact) mass is 296 g/mol. The largest absolute Gasteiger partial charge is 0.380 e. The van der Waals surface area contributed by atoms with Crippen LogP contribution in [0.5, 0.6) is 0 Å². The molecule has 1 aliphatic rings. The van der Waals surface area contributed by atoms with Gasteiger partial charge in [-0.3, -0.25) is 9.80 Å². The highest BCUT2D eigenvalue weighted by Crippen LogP contribution is 2.23. The van der Waals surface area contributed by atoms with Crippen LogP contribution >= 0.6 is 0 Å². The summed E-state index contributed by atoms with van der Waals surface area (Å²) < 4.78 is 10.8. The van der Waals surface area contributed by atoms with Crippen LogP contribution in [0.25, 0.3) is 0 Å². The van der Waals surface area contributed by atoms with E-state index in [0.29, 0.717) is 11.9 Å². The fourth-order valence-electron chi connectivity index (χ4n) is 2.92. The normalized spacial score (nSPS) is 22.6. The summed E-state index contributed by atoms with van der Waals surface area (Å²) in [7, 11) is 0. The van der Waals surface area contributed by atoms with Gasteiger partial charge in [0.15, 0.2) is 5.82 Å². The highest BCUT2D eigenvalue weighted by Gasteiger charge is 2.30. The van der Waals surface area contributed by atoms with Gasteiger partial charge < -0.3 is 9.26 Å². The average Bonchev–Trinajstić information content (AvgIpc) is 2.93. The van der Waals surface area contributed by atoms with Gasteiger partial charge in [-0.2, -0.15) is 4.98 Å².